The zero-order valence-electron chi connectivity index (χ0n) is 16.1. The number of fused-ring (bicyclic) bond motifs is 1. The molecule has 0 saturated carbocycles. The Labute approximate surface area is 154 Å². The van der Waals surface area contributed by atoms with Crippen LogP contribution in [0.25, 0.3) is 10.9 Å². The molecule has 0 atom stereocenters. The number of hydrogen-bond acceptors (Lipinski definition) is 3. The SMILES string of the molecule is CCc1[nH]c2c(CNc3ccc(C(=O)N(C)C)cn3)cc(C)cc2c1C. The van der Waals surface area contributed by atoms with Crippen molar-refractivity contribution in [2.45, 2.75) is 33.7 Å². The fourth-order valence-corrected chi connectivity index (χ4v) is 3.27. The number of H-pyrrole nitrogens is 1. The summed E-state index contributed by atoms with van der Waals surface area (Å²) in [6.07, 6.45) is 2.61. The van der Waals surface area contributed by atoms with Gasteiger partial charge in [0.2, 0.25) is 0 Å². The van der Waals surface area contributed by atoms with Crippen LogP contribution < -0.4 is 5.32 Å². The van der Waals surface area contributed by atoms with Gasteiger partial charge in [-0.3, -0.25) is 4.79 Å². The van der Waals surface area contributed by atoms with Crippen LogP contribution in [0.2, 0.25) is 0 Å². The van der Waals surface area contributed by atoms with E-state index in [1.807, 2.05) is 6.07 Å². The van der Waals surface area contributed by atoms with Gasteiger partial charge in [0.15, 0.2) is 0 Å². The molecule has 2 heterocycles. The summed E-state index contributed by atoms with van der Waals surface area (Å²) in [5, 5.41) is 4.66. The van der Waals surface area contributed by atoms with Crippen molar-refractivity contribution in [3.05, 3.63) is 58.4 Å². The summed E-state index contributed by atoms with van der Waals surface area (Å²) < 4.78 is 0. The molecule has 5 heteroatoms. The molecule has 26 heavy (non-hydrogen) atoms. The highest BCUT2D eigenvalue weighted by Gasteiger charge is 2.12. The molecule has 0 radical (unpaired) electrons. The van der Waals surface area contributed by atoms with Crippen LogP contribution in [0.4, 0.5) is 5.82 Å². The summed E-state index contributed by atoms with van der Waals surface area (Å²) in [6, 6.07) is 8.09. The van der Waals surface area contributed by atoms with Crippen molar-refractivity contribution in [2.75, 3.05) is 19.4 Å². The number of aromatic nitrogens is 2. The monoisotopic (exact) mass is 350 g/mol. The third-order valence-electron chi connectivity index (χ3n) is 4.73. The molecular weight excluding hydrogens is 324 g/mol. The van der Waals surface area contributed by atoms with E-state index in [1.54, 1.807) is 31.3 Å². The summed E-state index contributed by atoms with van der Waals surface area (Å²) in [5.74, 6) is 0.715. The number of nitrogens with one attached hydrogen (secondary N) is 2. The van der Waals surface area contributed by atoms with Gasteiger partial charge in [0.25, 0.3) is 5.91 Å². The van der Waals surface area contributed by atoms with E-state index in [0.29, 0.717) is 12.1 Å². The molecule has 5 nitrogen and oxygen atoms in total. The number of anilines is 1. The van der Waals surface area contributed by atoms with Crippen molar-refractivity contribution in [1.82, 2.24) is 14.9 Å². The normalized spacial score (nSPS) is 11.0. The second kappa shape index (κ2) is 7.20. The number of aryl methyl sites for hydroxylation is 3. The van der Waals surface area contributed by atoms with Gasteiger partial charge in [0.05, 0.1) is 11.1 Å². The van der Waals surface area contributed by atoms with E-state index in [9.17, 15) is 4.79 Å². The molecule has 3 rings (SSSR count). The first-order valence-corrected chi connectivity index (χ1v) is 8.93. The zero-order valence-corrected chi connectivity index (χ0v) is 16.1. The minimum Gasteiger partial charge on any atom is -0.366 e. The van der Waals surface area contributed by atoms with Gasteiger partial charge in [-0.1, -0.05) is 18.6 Å². The fraction of sp³-hybridized carbons (Fsp3) is 0.333. The molecule has 2 aromatic heterocycles. The van der Waals surface area contributed by atoms with E-state index in [1.165, 1.54) is 33.3 Å². The maximum absolute atomic E-state index is 11.9. The molecule has 0 bridgehead atoms. The topological polar surface area (TPSA) is 61.0 Å². The van der Waals surface area contributed by atoms with Crippen LogP contribution in [0.1, 0.15) is 39.7 Å². The Kier molecular flexibility index (Phi) is 4.98. The summed E-state index contributed by atoms with van der Waals surface area (Å²) >= 11 is 0. The van der Waals surface area contributed by atoms with E-state index < -0.39 is 0 Å². The Balaban J connectivity index is 1.82. The first-order valence-electron chi connectivity index (χ1n) is 8.93. The third-order valence-corrected chi connectivity index (χ3v) is 4.73. The van der Waals surface area contributed by atoms with Crippen molar-refractivity contribution < 1.29 is 4.79 Å². The largest absolute Gasteiger partial charge is 0.366 e. The molecule has 136 valence electrons. The van der Waals surface area contributed by atoms with Crippen LogP contribution in [0.5, 0.6) is 0 Å². The molecule has 1 aromatic carbocycles. The molecule has 2 N–H and O–H groups in total. The van der Waals surface area contributed by atoms with Crippen molar-refractivity contribution in [1.29, 1.82) is 0 Å². The Morgan fingerprint density at radius 3 is 2.62 bits per heavy atom. The van der Waals surface area contributed by atoms with E-state index in [2.05, 4.69) is 48.2 Å². The molecule has 0 spiro atoms. The summed E-state index contributed by atoms with van der Waals surface area (Å²) in [4.78, 5) is 21.4. The van der Waals surface area contributed by atoms with Gasteiger partial charge in [-0.25, -0.2) is 4.98 Å². The van der Waals surface area contributed by atoms with Gasteiger partial charge >= 0.3 is 0 Å². The third kappa shape index (κ3) is 3.43. The molecule has 1 amide bonds. The van der Waals surface area contributed by atoms with Crippen LogP contribution in [-0.4, -0.2) is 34.9 Å². The molecular formula is C21H26N4O. The standard InChI is InChI=1S/C21H26N4O/c1-6-18-14(3)17-10-13(2)9-16(20(17)24-18)12-23-19-8-7-15(11-22-19)21(26)25(4)5/h7-11,24H,6,12H2,1-5H3,(H,22,23). The number of carbonyl (C=O) groups is 1. The van der Waals surface area contributed by atoms with Gasteiger partial charge in [0.1, 0.15) is 5.82 Å². The lowest BCUT2D eigenvalue weighted by Gasteiger charge is -2.11. The summed E-state index contributed by atoms with van der Waals surface area (Å²) in [7, 11) is 3.47. The van der Waals surface area contributed by atoms with Gasteiger partial charge in [-0.05, 0) is 49.6 Å². The predicted octanol–water partition coefficient (Wildman–Crippen LogP) is 4.06. The second-order valence-electron chi connectivity index (χ2n) is 6.91. The highest BCUT2D eigenvalue weighted by atomic mass is 16.2. The molecule has 0 aliphatic carbocycles. The predicted molar refractivity (Wildman–Crippen MR) is 107 cm³/mol. The van der Waals surface area contributed by atoms with Crippen molar-refractivity contribution in [3.8, 4) is 0 Å². The first-order chi connectivity index (χ1) is 12.4. The van der Waals surface area contributed by atoms with Crippen molar-refractivity contribution in [2.24, 2.45) is 0 Å². The minimum atomic E-state index is -0.0431. The first kappa shape index (κ1) is 18.0. The maximum atomic E-state index is 11.9. The molecule has 0 saturated heterocycles. The van der Waals surface area contributed by atoms with Crippen molar-refractivity contribution >= 4 is 22.6 Å². The number of carbonyl (C=O) groups excluding carboxylic acids is 1. The Morgan fingerprint density at radius 1 is 1.23 bits per heavy atom. The van der Waals surface area contributed by atoms with E-state index in [0.717, 1.165) is 12.2 Å². The Bertz CT molecular complexity index is 939. The summed E-state index contributed by atoms with van der Waals surface area (Å²) in [5.41, 5.74) is 6.87. The average Bonchev–Trinajstić information content (AvgIpc) is 2.95. The van der Waals surface area contributed by atoms with E-state index >= 15 is 0 Å². The van der Waals surface area contributed by atoms with Crippen LogP contribution in [-0.2, 0) is 13.0 Å². The highest BCUT2D eigenvalue weighted by molar-refractivity contribution is 5.93. The highest BCUT2D eigenvalue weighted by Crippen LogP contribution is 2.27. The smallest absolute Gasteiger partial charge is 0.254 e. The lowest BCUT2D eigenvalue weighted by atomic mass is 10.0. The van der Waals surface area contributed by atoms with E-state index in [-0.39, 0.29) is 5.91 Å². The molecule has 0 unspecified atom stereocenters. The Hall–Kier alpha value is -2.82. The Morgan fingerprint density at radius 2 is 2.00 bits per heavy atom. The molecule has 0 aliphatic rings. The fourth-order valence-electron chi connectivity index (χ4n) is 3.27. The number of pyridine rings is 1. The van der Waals surface area contributed by atoms with Crippen LogP contribution in [0.3, 0.4) is 0 Å². The molecule has 0 aliphatic heterocycles. The van der Waals surface area contributed by atoms with Gasteiger partial charge in [-0.2, -0.15) is 0 Å². The van der Waals surface area contributed by atoms with Crippen LogP contribution in [0, 0.1) is 13.8 Å². The minimum absolute atomic E-state index is 0.0431. The van der Waals surface area contributed by atoms with Crippen LogP contribution >= 0.6 is 0 Å². The number of aromatic amines is 1. The van der Waals surface area contributed by atoms with Crippen molar-refractivity contribution in [3.63, 3.8) is 0 Å². The number of rotatable bonds is 5. The summed E-state index contributed by atoms with van der Waals surface area (Å²) in [6.45, 7) is 7.15. The zero-order chi connectivity index (χ0) is 18.8. The number of hydrogen-bond donors (Lipinski definition) is 2. The van der Waals surface area contributed by atoms with Gasteiger partial charge in [0, 0.05) is 37.9 Å². The molecule has 0 fully saturated rings. The average molecular weight is 350 g/mol. The van der Waals surface area contributed by atoms with E-state index in [4.69, 9.17) is 0 Å². The number of benzene rings is 1. The maximum Gasteiger partial charge on any atom is 0.254 e. The number of nitrogens with zero attached hydrogens (tertiary/aromatic N) is 2. The lowest BCUT2D eigenvalue weighted by molar-refractivity contribution is 0.0827. The lowest BCUT2D eigenvalue weighted by Crippen LogP contribution is -2.21. The quantitative estimate of drug-likeness (QED) is 0.729. The number of amides is 1. The van der Waals surface area contributed by atoms with Crippen LogP contribution in [0.15, 0.2) is 30.5 Å². The second-order valence-corrected chi connectivity index (χ2v) is 6.91. The van der Waals surface area contributed by atoms with Gasteiger partial charge in [-0.15, -0.1) is 0 Å². The van der Waals surface area contributed by atoms with Gasteiger partial charge < -0.3 is 15.2 Å². The molecule has 3 aromatic rings.